The van der Waals surface area contributed by atoms with Crippen molar-refractivity contribution >= 4 is 0 Å². The van der Waals surface area contributed by atoms with Crippen LogP contribution in [0, 0.1) is 5.92 Å². The standard InChI is InChI=1S/C10H21NO3.C8H17NO.C6H15NO.C5H13NO.C4H11N/c1-9(2,3)11-13-7-8-6-12-10(4,5)14-8;1-8(2,3)9-10-6-7-4-5-7;1-5-8-7-6(2,3)4;1-5(2,3)6-7-4;1-4(2,3)5/h8,11H,6-7H2,1-5H3;7,9H,4-6H2,1-3H3;7H,5H2,1-4H3;6H,1-4H3;5H2,1-3H3. The Kier molecular flexibility index (Phi) is 24.2. The van der Waals surface area contributed by atoms with Gasteiger partial charge in [-0.05, 0) is 143 Å². The van der Waals surface area contributed by atoms with E-state index in [1.54, 1.807) is 7.11 Å². The second-order valence-electron chi connectivity index (χ2n) is 16.9. The van der Waals surface area contributed by atoms with Crippen molar-refractivity contribution in [2.45, 2.75) is 177 Å². The minimum Gasteiger partial charge on any atom is -0.348 e. The Hall–Kier alpha value is -0.440. The van der Waals surface area contributed by atoms with E-state index in [0.717, 1.165) is 19.1 Å². The zero-order chi connectivity index (χ0) is 35.5. The smallest absolute Gasteiger partial charge is 0.163 e. The molecule has 0 spiro atoms. The molecular formula is C33H77N5O6. The summed E-state index contributed by atoms with van der Waals surface area (Å²) in [5, 5.41) is 0. The largest absolute Gasteiger partial charge is 0.348 e. The summed E-state index contributed by atoms with van der Waals surface area (Å²) < 4.78 is 11.0. The third-order valence-electron chi connectivity index (χ3n) is 4.04. The van der Waals surface area contributed by atoms with E-state index in [-0.39, 0.29) is 33.8 Å². The van der Waals surface area contributed by atoms with Crippen LogP contribution in [0.1, 0.15) is 137 Å². The van der Waals surface area contributed by atoms with Crippen molar-refractivity contribution in [1.82, 2.24) is 21.9 Å². The minimum absolute atomic E-state index is 0. The van der Waals surface area contributed by atoms with E-state index < -0.39 is 5.79 Å². The summed E-state index contributed by atoms with van der Waals surface area (Å²) >= 11 is 0. The van der Waals surface area contributed by atoms with Gasteiger partial charge in [0.1, 0.15) is 6.10 Å². The van der Waals surface area contributed by atoms with Gasteiger partial charge < -0.3 is 29.7 Å². The Morgan fingerprint density at radius 3 is 1.25 bits per heavy atom. The monoisotopic (exact) mass is 640 g/mol. The second kappa shape index (κ2) is 22.2. The van der Waals surface area contributed by atoms with E-state index >= 15 is 0 Å². The van der Waals surface area contributed by atoms with E-state index in [4.69, 9.17) is 29.7 Å². The van der Waals surface area contributed by atoms with Crippen LogP contribution in [0.15, 0.2) is 0 Å². The van der Waals surface area contributed by atoms with Gasteiger partial charge in [-0.1, -0.05) is 0 Å². The molecule has 0 aromatic rings. The molecule has 44 heavy (non-hydrogen) atoms. The summed E-state index contributed by atoms with van der Waals surface area (Å²) in [6, 6.07) is 0. The molecule has 0 aromatic heterocycles. The molecule has 1 saturated heterocycles. The highest BCUT2D eigenvalue weighted by Crippen LogP contribution is 2.28. The summed E-state index contributed by atoms with van der Waals surface area (Å²) in [5.41, 5.74) is 17.2. The molecule has 1 aliphatic carbocycles. The number of hydroxylamine groups is 4. The summed E-state index contributed by atoms with van der Waals surface area (Å²) in [6.07, 6.45) is 2.73. The van der Waals surface area contributed by atoms with E-state index in [1.807, 2.05) is 83.1 Å². The molecule has 2 rings (SSSR count). The maximum Gasteiger partial charge on any atom is 0.163 e. The fourth-order valence-corrected chi connectivity index (χ4v) is 2.45. The van der Waals surface area contributed by atoms with Crippen LogP contribution in [0.4, 0.5) is 0 Å². The van der Waals surface area contributed by atoms with Gasteiger partial charge in [0.2, 0.25) is 0 Å². The molecule has 1 heterocycles. The Bertz CT molecular complexity index is 665. The summed E-state index contributed by atoms with van der Waals surface area (Å²) in [5.74, 6) is 0.380. The molecule has 1 unspecified atom stereocenters. The SMILES string of the molecule is CC(C)(C)N.CC(C)(C)NOCC1CC1.CC(C)(C)NOCC1COC(C)(C)O1.CCONC(C)(C)C.CONC(C)(C)C. The normalized spacial score (nSPS) is 18.4. The zero-order valence-corrected chi connectivity index (χ0v) is 32.4. The topological polar surface area (TPSA) is 130 Å². The van der Waals surface area contributed by atoms with Crippen molar-refractivity contribution in [2.24, 2.45) is 11.7 Å². The lowest BCUT2D eigenvalue weighted by Crippen LogP contribution is -2.38. The predicted octanol–water partition coefficient (Wildman–Crippen LogP) is 6.18. The fraction of sp³-hybridized carbons (Fsp3) is 1.00. The van der Waals surface area contributed by atoms with Crippen LogP contribution < -0.4 is 27.7 Å². The summed E-state index contributed by atoms with van der Waals surface area (Å²) in [7, 11) is 1.62. The third-order valence-corrected chi connectivity index (χ3v) is 4.04. The lowest BCUT2D eigenvalue weighted by molar-refractivity contribution is -0.151. The Balaban J connectivity index is -0.000000500. The minimum atomic E-state index is -0.463. The van der Waals surface area contributed by atoms with Crippen LogP contribution >= 0.6 is 0 Å². The Morgan fingerprint density at radius 2 is 1.02 bits per heavy atom. The molecule has 11 nitrogen and oxygen atoms in total. The lowest BCUT2D eigenvalue weighted by atomic mass is 10.1. The van der Waals surface area contributed by atoms with Crippen molar-refractivity contribution in [3.8, 4) is 0 Å². The van der Waals surface area contributed by atoms with E-state index in [1.165, 1.54) is 12.8 Å². The van der Waals surface area contributed by atoms with Crippen molar-refractivity contribution in [1.29, 1.82) is 0 Å². The number of hydrogen-bond donors (Lipinski definition) is 5. The van der Waals surface area contributed by atoms with Gasteiger partial charge in [0.15, 0.2) is 5.79 Å². The van der Waals surface area contributed by atoms with Crippen LogP contribution in [0.2, 0.25) is 0 Å². The predicted molar refractivity (Wildman–Crippen MR) is 184 cm³/mol. The second-order valence-corrected chi connectivity index (χ2v) is 16.9. The van der Waals surface area contributed by atoms with Gasteiger partial charge in [-0.2, -0.15) is 21.9 Å². The first-order valence-electron chi connectivity index (χ1n) is 16.1. The highest BCUT2D eigenvalue weighted by Gasteiger charge is 2.33. The summed E-state index contributed by atoms with van der Waals surface area (Å²) in [6.45, 7) is 39.1. The van der Waals surface area contributed by atoms with Crippen molar-refractivity contribution < 1.29 is 28.8 Å². The average Bonchev–Trinajstić information content (AvgIpc) is 3.51. The molecule has 0 radical (unpaired) electrons. The molecule has 6 N–H and O–H groups in total. The Labute approximate surface area is 272 Å². The first kappa shape index (κ1) is 48.0. The lowest BCUT2D eigenvalue weighted by Gasteiger charge is -2.21. The average molecular weight is 640 g/mol. The molecule has 1 aliphatic heterocycles. The van der Waals surface area contributed by atoms with Gasteiger partial charge in [0, 0.05) is 27.7 Å². The van der Waals surface area contributed by atoms with E-state index in [9.17, 15) is 0 Å². The fourth-order valence-electron chi connectivity index (χ4n) is 2.45. The van der Waals surface area contributed by atoms with Gasteiger partial charge in [-0.3, -0.25) is 4.84 Å². The van der Waals surface area contributed by atoms with E-state index in [2.05, 4.69) is 68.3 Å². The number of nitrogens with two attached hydrogens (primary N) is 1. The maximum absolute atomic E-state index is 5.58. The molecule has 270 valence electrons. The van der Waals surface area contributed by atoms with E-state index in [0.29, 0.717) is 13.2 Å². The molecule has 1 atom stereocenters. The molecular weight excluding hydrogens is 562 g/mol. The van der Waals surface area contributed by atoms with Gasteiger partial charge in [-0.15, -0.1) is 0 Å². The quantitative estimate of drug-likeness (QED) is 0.186. The zero-order valence-electron chi connectivity index (χ0n) is 32.4. The number of nitrogens with one attached hydrogen (secondary N) is 4. The van der Waals surface area contributed by atoms with Gasteiger partial charge in [-0.25, -0.2) is 0 Å². The number of rotatable bonds is 9. The van der Waals surface area contributed by atoms with Crippen molar-refractivity contribution in [3.05, 3.63) is 0 Å². The Morgan fingerprint density at radius 1 is 0.659 bits per heavy atom. The van der Waals surface area contributed by atoms with Crippen molar-refractivity contribution in [3.63, 3.8) is 0 Å². The van der Waals surface area contributed by atoms with Crippen LogP contribution in [0.25, 0.3) is 0 Å². The van der Waals surface area contributed by atoms with Crippen LogP contribution in [0.3, 0.4) is 0 Å². The maximum atomic E-state index is 5.58. The molecule has 2 fully saturated rings. The third kappa shape index (κ3) is 51.2. The summed E-state index contributed by atoms with van der Waals surface area (Å²) in [4.78, 5) is 20.2. The molecule has 0 aromatic carbocycles. The number of ether oxygens (including phenoxy) is 2. The van der Waals surface area contributed by atoms with Crippen LogP contribution in [-0.4, -0.2) is 73.1 Å². The molecule has 0 bridgehead atoms. The van der Waals surface area contributed by atoms with Gasteiger partial charge in [0.25, 0.3) is 0 Å². The number of hydrogen-bond acceptors (Lipinski definition) is 11. The van der Waals surface area contributed by atoms with Crippen LogP contribution in [-0.2, 0) is 28.8 Å². The molecule has 1 saturated carbocycles. The first-order valence-corrected chi connectivity index (χ1v) is 16.1. The molecule has 2 aliphatic rings. The van der Waals surface area contributed by atoms with Gasteiger partial charge in [0.05, 0.1) is 33.5 Å². The highest BCUT2D eigenvalue weighted by atomic mass is 16.8. The molecule has 0 amide bonds. The first-order chi connectivity index (χ1) is 19.5. The van der Waals surface area contributed by atoms with Crippen molar-refractivity contribution in [2.75, 3.05) is 33.5 Å². The molecule has 11 heteroatoms. The highest BCUT2D eigenvalue weighted by molar-refractivity contribution is 4.73. The van der Waals surface area contributed by atoms with Gasteiger partial charge >= 0.3 is 0 Å². The van der Waals surface area contributed by atoms with Crippen LogP contribution in [0.5, 0.6) is 0 Å².